The zero-order valence-electron chi connectivity index (χ0n) is 34.0. The second-order valence-electron chi connectivity index (χ2n) is 16.1. The Bertz CT molecular complexity index is 3400. The molecule has 11 aromatic rings. The summed E-state index contributed by atoms with van der Waals surface area (Å²) in [5.74, 6) is 0. The summed E-state index contributed by atoms with van der Waals surface area (Å²) in [5, 5.41) is 5.01. The van der Waals surface area contributed by atoms with Crippen molar-refractivity contribution in [2.24, 2.45) is 4.99 Å². The zero-order chi connectivity index (χ0) is 41.0. The van der Waals surface area contributed by atoms with Gasteiger partial charge in [-0.2, -0.15) is 0 Å². The third-order valence-electron chi connectivity index (χ3n) is 12.5. The van der Waals surface area contributed by atoms with Gasteiger partial charge in [0.2, 0.25) is 0 Å². The summed E-state index contributed by atoms with van der Waals surface area (Å²) >= 11 is 0. The molecule has 9 aromatic carbocycles. The first kappa shape index (κ1) is 35.8. The van der Waals surface area contributed by atoms with Gasteiger partial charge in [0.25, 0.3) is 0 Å². The first-order valence-electron chi connectivity index (χ1n) is 21.2. The normalized spacial score (nSPS) is 14.1. The van der Waals surface area contributed by atoms with E-state index in [4.69, 9.17) is 4.99 Å². The number of aromatic nitrogens is 2. The van der Waals surface area contributed by atoms with Crippen molar-refractivity contribution in [3.8, 4) is 33.6 Å². The third-order valence-corrected chi connectivity index (χ3v) is 12.5. The maximum absolute atomic E-state index is 5.12. The average Bonchev–Trinajstić information content (AvgIpc) is 3.87. The maximum atomic E-state index is 5.12. The fraction of sp³-hybridized carbons (Fsp3) is 0.0351. The molecule has 0 amide bonds. The number of fused-ring (bicyclic) bond motifs is 6. The van der Waals surface area contributed by atoms with Crippen LogP contribution < -0.4 is 9.80 Å². The molecule has 2 aromatic heterocycles. The molecule has 0 saturated heterocycles. The van der Waals surface area contributed by atoms with Crippen LogP contribution in [0.15, 0.2) is 229 Å². The van der Waals surface area contributed by atoms with E-state index in [-0.39, 0.29) is 6.17 Å². The van der Waals surface area contributed by atoms with Crippen LogP contribution in [0.25, 0.3) is 77.2 Å². The second kappa shape index (κ2) is 14.8. The molecule has 0 radical (unpaired) electrons. The summed E-state index contributed by atoms with van der Waals surface area (Å²) in [5.41, 5.74) is 15.2. The Morgan fingerprint density at radius 2 is 0.790 bits per heavy atom. The van der Waals surface area contributed by atoms with Gasteiger partial charge >= 0.3 is 0 Å². The van der Waals surface area contributed by atoms with Crippen LogP contribution in [-0.4, -0.2) is 22.1 Å². The predicted octanol–water partition coefficient (Wildman–Crippen LogP) is 14.2. The molecule has 1 aliphatic heterocycles. The largest absolute Gasteiger partial charge is 0.328 e. The smallest absolute Gasteiger partial charge is 0.150 e. The van der Waals surface area contributed by atoms with Crippen LogP contribution >= 0.6 is 0 Å². The van der Waals surface area contributed by atoms with Crippen LogP contribution in [0.5, 0.6) is 0 Å². The molecule has 1 unspecified atom stereocenters. The SMILES string of the molecule is C1=NC(c2ccc(-c3cccc(-n4c5ccccc5c5ccc(-c6cccc(-n7c8ccccc8c8ccccc87)c6)cc54)c3)cc2)N(c2ccccc2)CN1c1ccccc1. The van der Waals surface area contributed by atoms with Crippen molar-refractivity contribution < 1.29 is 0 Å². The maximum Gasteiger partial charge on any atom is 0.150 e. The summed E-state index contributed by atoms with van der Waals surface area (Å²) in [7, 11) is 0. The number of aliphatic imine (C=N–C) groups is 1. The lowest BCUT2D eigenvalue weighted by Gasteiger charge is -2.39. The fourth-order valence-electron chi connectivity index (χ4n) is 9.50. The topological polar surface area (TPSA) is 28.7 Å². The predicted molar refractivity (Wildman–Crippen MR) is 260 cm³/mol. The van der Waals surface area contributed by atoms with Gasteiger partial charge in [0, 0.05) is 44.3 Å². The third kappa shape index (κ3) is 6.05. The van der Waals surface area contributed by atoms with Crippen molar-refractivity contribution in [3.63, 3.8) is 0 Å². The molecule has 0 spiro atoms. The lowest BCUT2D eigenvalue weighted by Crippen LogP contribution is -2.43. The van der Waals surface area contributed by atoms with E-state index in [1.165, 1.54) is 54.7 Å². The highest BCUT2D eigenvalue weighted by atomic mass is 15.4. The molecule has 0 aliphatic carbocycles. The fourth-order valence-corrected chi connectivity index (χ4v) is 9.50. The van der Waals surface area contributed by atoms with E-state index in [9.17, 15) is 0 Å². The zero-order valence-corrected chi connectivity index (χ0v) is 34.0. The highest BCUT2D eigenvalue weighted by molar-refractivity contribution is 6.11. The van der Waals surface area contributed by atoms with E-state index in [1.54, 1.807) is 0 Å². The van der Waals surface area contributed by atoms with Crippen molar-refractivity contribution in [1.29, 1.82) is 0 Å². The Labute approximate surface area is 360 Å². The number of hydrogen-bond acceptors (Lipinski definition) is 3. The van der Waals surface area contributed by atoms with Gasteiger partial charge < -0.3 is 18.9 Å². The van der Waals surface area contributed by atoms with Crippen molar-refractivity contribution in [2.45, 2.75) is 6.17 Å². The molecule has 294 valence electrons. The molecular weight excluding hydrogens is 755 g/mol. The molecule has 0 N–H and O–H groups in total. The van der Waals surface area contributed by atoms with E-state index in [0.717, 1.165) is 39.4 Å². The van der Waals surface area contributed by atoms with Gasteiger partial charge in [-0.05, 0) is 101 Å². The van der Waals surface area contributed by atoms with Gasteiger partial charge in [-0.15, -0.1) is 0 Å². The lowest BCUT2D eigenvalue weighted by atomic mass is 10.0. The minimum atomic E-state index is -0.146. The van der Waals surface area contributed by atoms with Crippen LogP contribution in [0.3, 0.4) is 0 Å². The molecule has 12 rings (SSSR count). The molecule has 5 nitrogen and oxygen atoms in total. The molecule has 1 atom stereocenters. The highest BCUT2D eigenvalue weighted by Gasteiger charge is 2.26. The molecule has 1 aliphatic rings. The molecule has 5 heteroatoms. The van der Waals surface area contributed by atoms with E-state index in [0.29, 0.717) is 6.67 Å². The number of rotatable bonds is 7. The Kier molecular flexibility index (Phi) is 8.56. The standard InChI is InChI=1S/C57H41N5/c1-3-17-45(18-4-1)59-38-58-57(60(39-59)46-19-5-2-6-20-46)41-31-29-40(30-32-41)42-15-13-22-48(35-42)62-55-28-12-9-25-51(55)52-34-33-44(37-56(52)62)43-16-14-21-47(36-43)61-53-26-10-7-23-49(53)50-24-8-11-27-54(50)61/h1-38,57H,39H2. The Hall–Kier alpha value is -8.15. The molecule has 0 saturated carbocycles. The van der Waals surface area contributed by atoms with Gasteiger partial charge in [-0.1, -0.05) is 152 Å². The van der Waals surface area contributed by atoms with Crippen LogP contribution in [0, 0.1) is 0 Å². The summed E-state index contributed by atoms with van der Waals surface area (Å²) in [6.07, 6.45) is 1.84. The summed E-state index contributed by atoms with van der Waals surface area (Å²) in [6.45, 7) is 0.694. The summed E-state index contributed by atoms with van der Waals surface area (Å²) in [6, 6.07) is 81.0. The minimum Gasteiger partial charge on any atom is -0.328 e. The van der Waals surface area contributed by atoms with E-state index < -0.39 is 0 Å². The van der Waals surface area contributed by atoms with Crippen LogP contribution in [0.2, 0.25) is 0 Å². The molecule has 62 heavy (non-hydrogen) atoms. The highest BCUT2D eigenvalue weighted by Crippen LogP contribution is 2.39. The first-order valence-corrected chi connectivity index (χ1v) is 21.2. The van der Waals surface area contributed by atoms with Crippen LogP contribution in [0.4, 0.5) is 11.4 Å². The van der Waals surface area contributed by atoms with Crippen LogP contribution in [-0.2, 0) is 0 Å². The van der Waals surface area contributed by atoms with Gasteiger partial charge in [-0.3, -0.25) is 0 Å². The van der Waals surface area contributed by atoms with Gasteiger partial charge in [0.1, 0.15) is 6.17 Å². The number of benzene rings is 9. The van der Waals surface area contributed by atoms with Crippen molar-refractivity contribution in [2.75, 3.05) is 16.5 Å². The number of hydrogen-bond donors (Lipinski definition) is 0. The first-order chi connectivity index (χ1) is 30.7. The van der Waals surface area contributed by atoms with Gasteiger partial charge in [0.15, 0.2) is 0 Å². The average molecular weight is 796 g/mol. The van der Waals surface area contributed by atoms with Crippen molar-refractivity contribution >= 4 is 61.3 Å². The Balaban J connectivity index is 0.910. The van der Waals surface area contributed by atoms with Crippen LogP contribution in [0.1, 0.15) is 11.7 Å². The number of para-hydroxylation sites is 5. The van der Waals surface area contributed by atoms with Crippen molar-refractivity contribution in [3.05, 3.63) is 230 Å². The quantitative estimate of drug-likeness (QED) is 0.161. The Morgan fingerprint density at radius 1 is 0.339 bits per heavy atom. The second-order valence-corrected chi connectivity index (χ2v) is 16.1. The monoisotopic (exact) mass is 795 g/mol. The van der Waals surface area contributed by atoms with Crippen molar-refractivity contribution in [1.82, 2.24) is 9.13 Å². The van der Waals surface area contributed by atoms with E-state index >= 15 is 0 Å². The Morgan fingerprint density at radius 3 is 1.39 bits per heavy atom. The van der Waals surface area contributed by atoms with E-state index in [1.807, 2.05) is 12.4 Å². The molecular formula is C57H41N5. The van der Waals surface area contributed by atoms with Gasteiger partial charge in [-0.25, -0.2) is 4.99 Å². The molecule has 0 fully saturated rings. The van der Waals surface area contributed by atoms with Gasteiger partial charge in [0.05, 0.1) is 35.1 Å². The number of anilines is 2. The number of nitrogens with zero attached hydrogens (tertiary/aromatic N) is 5. The van der Waals surface area contributed by atoms with E-state index in [2.05, 4.69) is 237 Å². The summed E-state index contributed by atoms with van der Waals surface area (Å²) < 4.78 is 4.82. The summed E-state index contributed by atoms with van der Waals surface area (Å²) in [4.78, 5) is 9.68. The molecule has 0 bridgehead atoms. The lowest BCUT2D eigenvalue weighted by molar-refractivity contribution is 0.631. The minimum absolute atomic E-state index is 0.146. The molecule has 3 heterocycles.